The Kier molecular flexibility index (Phi) is 8.83. The average molecular weight is 456 g/mol. The fourth-order valence-corrected chi connectivity index (χ4v) is 4.54. The zero-order valence-corrected chi connectivity index (χ0v) is 17.8. The second kappa shape index (κ2) is 10.6. The van der Waals surface area contributed by atoms with Crippen molar-refractivity contribution in [3.05, 3.63) is 39.0 Å². The van der Waals surface area contributed by atoms with Crippen LogP contribution in [0.5, 0.6) is 0 Å². The minimum Gasteiger partial charge on any atom is -0.468 e. The number of carbonyl (C=O) groups is 1. The highest BCUT2D eigenvalue weighted by atomic mass is 35.5. The first-order valence-corrected chi connectivity index (χ1v) is 10.6. The lowest BCUT2D eigenvalue weighted by molar-refractivity contribution is -0.128. The summed E-state index contributed by atoms with van der Waals surface area (Å²) in [6, 6.07) is 3.12. The van der Waals surface area contributed by atoms with Crippen molar-refractivity contribution in [2.75, 3.05) is 26.0 Å². The van der Waals surface area contributed by atoms with E-state index in [9.17, 15) is 18.0 Å². The first kappa shape index (κ1) is 23.2. The third-order valence-electron chi connectivity index (χ3n) is 4.51. The summed E-state index contributed by atoms with van der Waals surface area (Å²) in [6.07, 6.45) is -0.178. The molecule has 0 bridgehead atoms. The first-order chi connectivity index (χ1) is 13.2. The summed E-state index contributed by atoms with van der Waals surface area (Å²) >= 11 is 13.1. The third kappa shape index (κ3) is 7.08. The van der Waals surface area contributed by atoms with Crippen LogP contribution in [0, 0.1) is 0 Å². The Balaban J connectivity index is 2.29. The van der Waals surface area contributed by atoms with Crippen LogP contribution in [0.25, 0.3) is 0 Å². The molecule has 0 radical (unpaired) electrons. The summed E-state index contributed by atoms with van der Waals surface area (Å²) in [4.78, 5) is 13.0. The first-order valence-electron chi connectivity index (χ1n) is 8.86. The van der Waals surface area contributed by atoms with E-state index in [4.69, 9.17) is 27.9 Å². The highest BCUT2D eigenvalue weighted by Crippen LogP contribution is 2.37. The van der Waals surface area contributed by atoms with E-state index in [-0.39, 0.29) is 11.6 Å². The van der Waals surface area contributed by atoms with Gasteiger partial charge in [0, 0.05) is 35.6 Å². The monoisotopic (exact) mass is 455 g/mol. The second-order valence-electron chi connectivity index (χ2n) is 6.60. The normalized spacial score (nSPS) is 16.9. The Labute approximate surface area is 177 Å². The molecule has 0 aliphatic carbocycles. The minimum absolute atomic E-state index is 0.205. The van der Waals surface area contributed by atoms with E-state index in [0.29, 0.717) is 46.6 Å². The molecule has 156 valence electrons. The molecule has 0 amide bonds. The Morgan fingerprint density at radius 2 is 2.04 bits per heavy atom. The molecule has 1 saturated heterocycles. The quantitative estimate of drug-likeness (QED) is 0.268. The fourth-order valence-electron chi connectivity index (χ4n) is 3.19. The van der Waals surface area contributed by atoms with Gasteiger partial charge >= 0.3 is 6.18 Å². The van der Waals surface area contributed by atoms with Gasteiger partial charge in [0.1, 0.15) is 0 Å². The van der Waals surface area contributed by atoms with Crippen molar-refractivity contribution in [1.29, 1.82) is 0 Å². The lowest BCUT2D eigenvalue weighted by Gasteiger charge is -2.31. The predicted molar refractivity (Wildman–Crippen MR) is 107 cm³/mol. The van der Waals surface area contributed by atoms with Gasteiger partial charge in [-0.1, -0.05) is 23.2 Å². The molecule has 9 heteroatoms. The molecular formula is C19H22Cl2F3NO2S. The summed E-state index contributed by atoms with van der Waals surface area (Å²) < 4.78 is 42.6. The van der Waals surface area contributed by atoms with Gasteiger partial charge in [0.05, 0.1) is 17.4 Å². The molecule has 28 heavy (non-hydrogen) atoms. The molecule has 1 fully saturated rings. The van der Waals surface area contributed by atoms with Gasteiger partial charge < -0.3 is 9.64 Å². The second-order valence-corrected chi connectivity index (χ2v) is 8.43. The molecule has 0 unspecified atom stereocenters. The van der Waals surface area contributed by atoms with Crippen LogP contribution in [-0.2, 0) is 16.0 Å². The van der Waals surface area contributed by atoms with Gasteiger partial charge in [-0.3, -0.25) is 4.79 Å². The van der Waals surface area contributed by atoms with Gasteiger partial charge in [0.2, 0.25) is 0 Å². The standard InChI is InChI=1S/C19H22Cl2F3NO2S/c1-25-6-3-2-4-17(25)13(5-7-27-12-26)8-14-9-18(16(21)10-15(14)20)28-11-19(22,23)24/h9-10,12H,2-8,11H2,1H3. The Morgan fingerprint density at radius 1 is 1.29 bits per heavy atom. The highest BCUT2D eigenvalue weighted by Gasteiger charge is 2.28. The van der Waals surface area contributed by atoms with Crippen LogP contribution in [0.3, 0.4) is 0 Å². The van der Waals surface area contributed by atoms with E-state index in [1.54, 1.807) is 6.07 Å². The van der Waals surface area contributed by atoms with E-state index >= 15 is 0 Å². The van der Waals surface area contributed by atoms with Gasteiger partial charge in [-0.15, -0.1) is 11.8 Å². The van der Waals surface area contributed by atoms with Crippen molar-refractivity contribution in [2.45, 2.75) is 43.2 Å². The fraction of sp³-hybridized carbons (Fsp3) is 0.526. The summed E-state index contributed by atoms with van der Waals surface area (Å²) in [5.74, 6) is -1.02. The Hall–Kier alpha value is -1.05. The topological polar surface area (TPSA) is 29.5 Å². The van der Waals surface area contributed by atoms with Gasteiger partial charge in [-0.2, -0.15) is 13.2 Å². The van der Waals surface area contributed by atoms with Crippen molar-refractivity contribution in [3.63, 3.8) is 0 Å². The van der Waals surface area contributed by atoms with Crippen LogP contribution in [0.2, 0.25) is 10.0 Å². The van der Waals surface area contributed by atoms with Crippen LogP contribution in [0.1, 0.15) is 31.2 Å². The number of nitrogens with zero attached hydrogens (tertiary/aromatic N) is 1. The van der Waals surface area contributed by atoms with Crippen molar-refractivity contribution < 1.29 is 22.7 Å². The molecule has 2 rings (SSSR count). The molecule has 1 aliphatic rings. The van der Waals surface area contributed by atoms with E-state index in [1.807, 2.05) is 7.05 Å². The molecule has 1 aliphatic heterocycles. The van der Waals surface area contributed by atoms with Crippen LogP contribution < -0.4 is 0 Å². The van der Waals surface area contributed by atoms with E-state index in [2.05, 4.69) is 4.90 Å². The van der Waals surface area contributed by atoms with Crippen LogP contribution >= 0.6 is 35.0 Å². The van der Waals surface area contributed by atoms with Crippen LogP contribution in [0.4, 0.5) is 13.2 Å². The Morgan fingerprint density at radius 3 is 2.68 bits per heavy atom. The average Bonchev–Trinajstić information content (AvgIpc) is 2.62. The minimum atomic E-state index is -4.28. The maximum Gasteiger partial charge on any atom is 0.398 e. The van der Waals surface area contributed by atoms with Crippen LogP contribution in [-0.4, -0.2) is 43.5 Å². The zero-order chi connectivity index (χ0) is 20.7. The lowest BCUT2D eigenvalue weighted by Crippen LogP contribution is -2.25. The highest BCUT2D eigenvalue weighted by molar-refractivity contribution is 7.99. The van der Waals surface area contributed by atoms with Crippen molar-refractivity contribution in [1.82, 2.24) is 4.90 Å². The number of hydrogen-bond acceptors (Lipinski definition) is 4. The van der Waals surface area contributed by atoms with E-state index < -0.39 is 11.9 Å². The molecule has 1 heterocycles. The number of alkyl halides is 3. The van der Waals surface area contributed by atoms with Crippen molar-refractivity contribution in [2.24, 2.45) is 0 Å². The molecule has 1 aromatic rings. The number of thioether (sulfide) groups is 1. The molecule has 0 spiro atoms. The molecule has 0 aromatic heterocycles. The molecule has 3 nitrogen and oxygen atoms in total. The molecule has 0 N–H and O–H groups in total. The summed E-state index contributed by atoms with van der Waals surface area (Å²) in [5, 5.41) is 0.616. The van der Waals surface area contributed by atoms with Gasteiger partial charge in [-0.25, -0.2) is 0 Å². The van der Waals surface area contributed by atoms with Crippen molar-refractivity contribution >= 4 is 41.4 Å². The number of benzene rings is 1. The number of ether oxygens (including phenoxy) is 1. The SMILES string of the molecule is CN1CCCCC1=C(CCOC=O)Cc1cc(SCC(F)(F)F)c(Cl)cc1Cl. The third-order valence-corrected chi connectivity index (χ3v) is 6.41. The van der Waals surface area contributed by atoms with E-state index in [1.165, 1.54) is 11.8 Å². The van der Waals surface area contributed by atoms with Gasteiger partial charge in [-0.05, 0) is 49.0 Å². The number of rotatable bonds is 8. The van der Waals surface area contributed by atoms with Crippen LogP contribution in [0.15, 0.2) is 28.3 Å². The lowest BCUT2D eigenvalue weighted by atomic mass is 9.95. The molecular weight excluding hydrogens is 434 g/mol. The van der Waals surface area contributed by atoms with Gasteiger partial charge in [0.25, 0.3) is 6.47 Å². The molecule has 1 aromatic carbocycles. The number of piperidine rings is 1. The van der Waals surface area contributed by atoms with E-state index in [0.717, 1.165) is 31.4 Å². The predicted octanol–water partition coefficient (Wildman–Crippen LogP) is 6.12. The molecule has 0 atom stereocenters. The summed E-state index contributed by atoms with van der Waals surface area (Å²) in [6.45, 7) is 1.60. The van der Waals surface area contributed by atoms with Crippen molar-refractivity contribution in [3.8, 4) is 0 Å². The zero-order valence-electron chi connectivity index (χ0n) is 15.5. The summed E-state index contributed by atoms with van der Waals surface area (Å²) in [5.41, 5.74) is 2.96. The molecule has 0 saturated carbocycles. The number of carbonyl (C=O) groups excluding carboxylic acids is 1. The number of hydrogen-bond donors (Lipinski definition) is 0. The number of likely N-dealkylation sites (tertiary alicyclic amines) is 1. The number of halogens is 5. The maximum atomic E-state index is 12.6. The smallest absolute Gasteiger partial charge is 0.398 e. The maximum absolute atomic E-state index is 12.6. The van der Waals surface area contributed by atoms with Gasteiger partial charge in [0.15, 0.2) is 0 Å². The Bertz CT molecular complexity index is 726. The largest absolute Gasteiger partial charge is 0.468 e. The number of allylic oxidation sites excluding steroid dienone is 1. The summed E-state index contributed by atoms with van der Waals surface area (Å²) in [7, 11) is 2.02.